The lowest BCUT2D eigenvalue weighted by Crippen LogP contribution is -2.44. The van der Waals surface area contributed by atoms with Gasteiger partial charge in [0.15, 0.2) is 0 Å². The molecular weight excluding hydrogens is 250 g/mol. The Balaban J connectivity index is 1.92. The van der Waals surface area contributed by atoms with Crippen molar-refractivity contribution >= 4 is 11.6 Å². The first kappa shape index (κ1) is 14.9. The van der Waals surface area contributed by atoms with Crippen molar-refractivity contribution in [3.8, 4) is 0 Å². The van der Waals surface area contributed by atoms with Gasteiger partial charge in [0.2, 0.25) is 5.91 Å². The highest BCUT2D eigenvalue weighted by atomic mass is 16.1. The number of rotatable bonds is 4. The van der Waals surface area contributed by atoms with Gasteiger partial charge in [-0.3, -0.25) is 4.79 Å². The van der Waals surface area contributed by atoms with Crippen LogP contribution in [0, 0.1) is 0 Å². The van der Waals surface area contributed by atoms with Crippen LogP contribution < -0.4 is 16.0 Å². The maximum Gasteiger partial charge on any atom is 0.217 e. The van der Waals surface area contributed by atoms with E-state index in [1.807, 2.05) is 0 Å². The monoisotopic (exact) mass is 275 g/mol. The van der Waals surface area contributed by atoms with Gasteiger partial charge in [0.1, 0.15) is 0 Å². The van der Waals surface area contributed by atoms with E-state index in [0.717, 1.165) is 32.4 Å². The van der Waals surface area contributed by atoms with Gasteiger partial charge in [0.05, 0.1) is 0 Å². The number of benzene rings is 1. The van der Waals surface area contributed by atoms with E-state index in [2.05, 4.69) is 41.4 Å². The van der Waals surface area contributed by atoms with Gasteiger partial charge in [-0.1, -0.05) is 19.1 Å². The van der Waals surface area contributed by atoms with Crippen LogP contribution in [0.3, 0.4) is 0 Å². The zero-order valence-corrected chi connectivity index (χ0v) is 12.4. The van der Waals surface area contributed by atoms with Crippen LogP contribution in [-0.4, -0.2) is 25.0 Å². The molecule has 1 atom stereocenters. The van der Waals surface area contributed by atoms with Gasteiger partial charge in [-0.25, -0.2) is 0 Å². The molecule has 0 unspecified atom stereocenters. The molecular formula is C16H25N3O. The van der Waals surface area contributed by atoms with Crippen LogP contribution in [0.5, 0.6) is 0 Å². The molecule has 1 saturated heterocycles. The number of carbonyl (C=O) groups is 1. The van der Waals surface area contributed by atoms with Crippen molar-refractivity contribution in [2.75, 3.05) is 18.0 Å². The molecule has 20 heavy (non-hydrogen) atoms. The lowest BCUT2D eigenvalue weighted by Gasteiger charge is -2.34. The van der Waals surface area contributed by atoms with E-state index in [0.29, 0.717) is 6.04 Å². The SMILES string of the molecule is CC[C@@H](N)c1ccc(N2CCC(NC(C)=O)CC2)cc1. The maximum absolute atomic E-state index is 11.1. The Labute approximate surface area is 121 Å². The van der Waals surface area contributed by atoms with Crippen LogP contribution in [0.25, 0.3) is 0 Å². The molecule has 0 aromatic heterocycles. The van der Waals surface area contributed by atoms with Crippen molar-refractivity contribution in [3.63, 3.8) is 0 Å². The molecule has 1 fully saturated rings. The Bertz CT molecular complexity index is 436. The molecule has 1 aliphatic heterocycles. The average Bonchev–Trinajstić information content (AvgIpc) is 2.47. The van der Waals surface area contributed by atoms with Crippen molar-refractivity contribution in [2.24, 2.45) is 5.73 Å². The highest BCUT2D eigenvalue weighted by Gasteiger charge is 2.19. The first-order chi connectivity index (χ1) is 9.60. The predicted molar refractivity (Wildman–Crippen MR) is 82.7 cm³/mol. The molecule has 2 rings (SSSR count). The predicted octanol–water partition coefficient (Wildman–Crippen LogP) is 2.20. The molecule has 4 heteroatoms. The van der Waals surface area contributed by atoms with E-state index < -0.39 is 0 Å². The number of nitrogens with two attached hydrogens (primary N) is 1. The van der Waals surface area contributed by atoms with E-state index in [1.165, 1.54) is 11.3 Å². The summed E-state index contributed by atoms with van der Waals surface area (Å²) in [5.41, 5.74) is 8.48. The third-order valence-corrected chi connectivity index (χ3v) is 4.03. The van der Waals surface area contributed by atoms with Crippen LogP contribution >= 0.6 is 0 Å². The highest BCUT2D eigenvalue weighted by molar-refractivity contribution is 5.73. The molecule has 3 N–H and O–H groups in total. The van der Waals surface area contributed by atoms with Gasteiger partial charge in [0.25, 0.3) is 0 Å². The number of anilines is 1. The zero-order valence-electron chi connectivity index (χ0n) is 12.4. The molecule has 1 heterocycles. The Hall–Kier alpha value is -1.55. The van der Waals surface area contributed by atoms with E-state index in [4.69, 9.17) is 5.73 Å². The Morgan fingerprint density at radius 2 is 1.95 bits per heavy atom. The van der Waals surface area contributed by atoms with Gasteiger partial charge in [-0.2, -0.15) is 0 Å². The van der Waals surface area contributed by atoms with Crippen LogP contribution in [0.2, 0.25) is 0 Å². The van der Waals surface area contributed by atoms with Crippen LogP contribution in [0.1, 0.15) is 44.7 Å². The topological polar surface area (TPSA) is 58.4 Å². The standard InChI is InChI=1S/C16H25N3O/c1-3-16(17)13-4-6-15(7-5-13)19-10-8-14(9-11-19)18-12(2)20/h4-7,14,16H,3,8-11,17H2,1-2H3,(H,18,20)/t16-/m1/s1. The van der Waals surface area contributed by atoms with E-state index in [-0.39, 0.29) is 11.9 Å². The van der Waals surface area contributed by atoms with E-state index in [1.54, 1.807) is 6.92 Å². The summed E-state index contributed by atoms with van der Waals surface area (Å²) in [5.74, 6) is 0.0707. The van der Waals surface area contributed by atoms with Crippen LogP contribution in [0.4, 0.5) is 5.69 Å². The van der Waals surface area contributed by atoms with Gasteiger partial charge in [-0.05, 0) is 37.0 Å². The number of amides is 1. The van der Waals surface area contributed by atoms with Crippen molar-refractivity contribution in [1.29, 1.82) is 0 Å². The Morgan fingerprint density at radius 3 is 2.45 bits per heavy atom. The minimum Gasteiger partial charge on any atom is -0.371 e. The van der Waals surface area contributed by atoms with Gasteiger partial charge in [-0.15, -0.1) is 0 Å². The van der Waals surface area contributed by atoms with Crippen molar-refractivity contribution in [3.05, 3.63) is 29.8 Å². The van der Waals surface area contributed by atoms with Gasteiger partial charge >= 0.3 is 0 Å². The minimum absolute atomic E-state index is 0.0707. The molecule has 1 amide bonds. The first-order valence-electron chi connectivity index (χ1n) is 7.47. The highest BCUT2D eigenvalue weighted by Crippen LogP contribution is 2.22. The van der Waals surface area contributed by atoms with Gasteiger partial charge in [0, 0.05) is 37.8 Å². The average molecular weight is 275 g/mol. The first-order valence-corrected chi connectivity index (χ1v) is 7.47. The second-order valence-corrected chi connectivity index (χ2v) is 5.57. The zero-order chi connectivity index (χ0) is 14.5. The third kappa shape index (κ3) is 3.73. The van der Waals surface area contributed by atoms with Crippen molar-refractivity contribution in [1.82, 2.24) is 5.32 Å². The number of nitrogens with zero attached hydrogens (tertiary/aromatic N) is 1. The number of carbonyl (C=O) groups excluding carboxylic acids is 1. The summed E-state index contributed by atoms with van der Waals surface area (Å²) in [6.07, 6.45) is 2.98. The van der Waals surface area contributed by atoms with Crippen molar-refractivity contribution < 1.29 is 4.79 Å². The molecule has 0 spiro atoms. The molecule has 1 aromatic carbocycles. The molecule has 4 nitrogen and oxygen atoms in total. The van der Waals surface area contributed by atoms with E-state index in [9.17, 15) is 4.79 Å². The molecule has 0 aliphatic carbocycles. The lowest BCUT2D eigenvalue weighted by atomic mass is 10.0. The minimum atomic E-state index is 0.0707. The summed E-state index contributed by atoms with van der Waals surface area (Å²) in [7, 11) is 0. The Kier molecular flexibility index (Phi) is 5.01. The Morgan fingerprint density at radius 1 is 1.35 bits per heavy atom. The number of nitrogens with one attached hydrogen (secondary N) is 1. The quantitative estimate of drug-likeness (QED) is 0.885. The van der Waals surface area contributed by atoms with E-state index >= 15 is 0 Å². The maximum atomic E-state index is 11.1. The van der Waals surface area contributed by atoms with Crippen LogP contribution in [0.15, 0.2) is 24.3 Å². The summed E-state index contributed by atoms with van der Waals surface area (Å²) in [6.45, 7) is 5.67. The molecule has 110 valence electrons. The second-order valence-electron chi connectivity index (χ2n) is 5.57. The van der Waals surface area contributed by atoms with Crippen LogP contribution in [-0.2, 0) is 4.79 Å². The molecule has 0 saturated carbocycles. The summed E-state index contributed by atoms with van der Waals surface area (Å²) in [4.78, 5) is 13.4. The molecule has 0 bridgehead atoms. The smallest absolute Gasteiger partial charge is 0.217 e. The second kappa shape index (κ2) is 6.75. The van der Waals surface area contributed by atoms with Gasteiger partial charge < -0.3 is 16.0 Å². The number of hydrogen-bond acceptors (Lipinski definition) is 3. The fraction of sp³-hybridized carbons (Fsp3) is 0.562. The lowest BCUT2D eigenvalue weighted by molar-refractivity contribution is -0.119. The summed E-state index contributed by atoms with van der Waals surface area (Å²) < 4.78 is 0. The molecule has 0 radical (unpaired) electrons. The largest absolute Gasteiger partial charge is 0.371 e. The summed E-state index contributed by atoms with van der Waals surface area (Å²) >= 11 is 0. The number of hydrogen-bond donors (Lipinski definition) is 2. The number of piperidine rings is 1. The third-order valence-electron chi connectivity index (χ3n) is 4.03. The fourth-order valence-corrected chi connectivity index (χ4v) is 2.74. The molecule has 1 aromatic rings. The van der Waals surface area contributed by atoms with Crippen molar-refractivity contribution in [2.45, 2.75) is 45.2 Å². The normalized spacial score (nSPS) is 17.9. The summed E-state index contributed by atoms with van der Waals surface area (Å²) in [6, 6.07) is 9.03. The summed E-state index contributed by atoms with van der Waals surface area (Å²) in [5, 5.41) is 3.00. The molecule has 1 aliphatic rings. The fourth-order valence-electron chi connectivity index (χ4n) is 2.74.